The van der Waals surface area contributed by atoms with Crippen LogP contribution in [0.5, 0.6) is 0 Å². The Balaban J connectivity index is 2.12. The number of halogens is 4. The lowest BCUT2D eigenvalue weighted by molar-refractivity contribution is -0.144. The van der Waals surface area contributed by atoms with E-state index in [0.29, 0.717) is 17.7 Å². The highest BCUT2D eigenvalue weighted by Crippen LogP contribution is 2.37. The average Bonchev–Trinajstić information content (AvgIpc) is 3.21. The number of hydrogen-bond donors (Lipinski definition) is 4. The number of rotatable bonds is 7. The molecular formula is C23H20F4N8. The van der Waals surface area contributed by atoms with Crippen LogP contribution in [0.25, 0.3) is 11.1 Å². The van der Waals surface area contributed by atoms with E-state index in [4.69, 9.17) is 16.9 Å². The van der Waals surface area contributed by atoms with E-state index in [9.17, 15) is 22.8 Å². The van der Waals surface area contributed by atoms with Gasteiger partial charge in [-0.2, -0.15) is 18.4 Å². The van der Waals surface area contributed by atoms with Gasteiger partial charge in [0.25, 0.3) is 0 Å². The quantitative estimate of drug-likeness (QED) is 0.220. The highest BCUT2D eigenvalue weighted by Gasteiger charge is 2.35. The summed E-state index contributed by atoms with van der Waals surface area (Å²) in [5.74, 6) is -2.89. The largest absolute Gasteiger partial charge is 0.451 e. The van der Waals surface area contributed by atoms with Gasteiger partial charge in [-0.05, 0) is 30.3 Å². The maximum atomic E-state index is 14.0. The Morgan fingerprint density at radius 3 is 2.46 bits per heavy atom. The fraction of sp³-hybridized carbons (Fsp3) is 0.174. The van der Waals surface area contributed by atoms with Crippen molar-refractivity contribution in [1.82, 2.24) is 15.0 Å². The molecule has 3 rings (SSSR count). The molecule has 2 heterocycles. The molecule has 1 atom stereocenters. The zero-order chi connectivity index (χ0) is 25.8. The molecule has 0 aliphatic rings. The van der Waals surface area contributed by atoms with Gasteiger partial charge in [0.05, 0.1) is 16.9 Å². The lowest BCUT2D eigenvalue weighted by atomic mass is 9.90. The Bertz CT molecular complexity index is 1330. The number of nitrogens with two attached hydrogens (primary N) is 2. The Morgan fingerprint density at radius 2 is 1.94 bits per heavy atom. The van der Waals surface area contributed by atoms with Gasteiger partial charge < -0.3 is 16.5 Å². The minimum atomic E-state index is -4.74. The number of nitrogens with zero attached hydrogens (tertiary/aromatic N) is 4. The summed E-state index contributed by atoms with van der Waals surface area (Å²) in [4.78, 5) is 13.8. The molecule has 0 aliphatic carbocycles. The summed E-state index contributed by atoms with van der Waals surface area (Å²) in [6, 6.07) is 7.91. The van der Waals surface area contributed by atoms with Gasteiger partial charge >= 0.3 is 6.18 Å². The zero-order valence-electron chi connectivity index (χ0n) is 18.4. The standard InChI is InChI=1S/C23H20F4N8/c1-2-14(12(7-28)9-32-17-6-4-3-5-16(17)24)19-15(8-29)18(20(35-19)21(30)31)13-10-33-22(34-11-13)23(25,26)27/h3-7,9-11,14,35H,2,28H2,1H3,(H3,30,31). The van der Waals surface area contributed by atoms with E-state index in [1.807, 2.05) is 6.07 Å². The first kappa shape index (κ1) is 25.1. The number of nitrogens with one attached hydrogen (secondary N) is 2. The number of nitrogen functional groups attached to an aromatic ring is 1. The van der Waals surface area contributed by atoms with Crippen LogP contribution < -0.4 is 11.5 Å². The highest BCUT2D eigenvalue weighted by atomic mass is 19.4. The van der Waals surface area contributed by atoms with Gasteiger partial charge in [-0.25, -0.2) is 14.4 Å². The summed E-state index contributed by atoms with van der Waals surface area (Å²) in [6.07, 6.45) is 0.112. The molecule has 3 aromatic rings. The molecule has 12 heteroatoms. The van der Waals surface area contributed by atoms with Crippen molar-refractivity contribution in [2.45, 2.75) is 25.4 Å². The number of benzene rings is 1. The average molecular weight is 484 g/mol. The van der Waals surface area contributed by atoms with Crippen molar-refractivity contribution in [1.29, 1.82) is 10.7 Å². The van der Waals surface area contributed by atoms with Gasteiger partial charge in [-0.1, -0.05) is 19.1 Å². The number of alkyl halides is 3. The third kappa shape index (κ3) is 5.19. The first-order valence-corrected chi connectivity index (χ1v) is 10.2. The number of hydrogen-bond acceptors (Lipinski definition) is 6. The zero-order valence-corrected chi connectivity index (χ0v) is 18.4. The van der Waals surface area contributed by atoms with Crippen LogP contribution in [-0.4, -0.2) is 27.0 Å². The molecule has 0 saturated carbocycles. The van der Waals surface area contributed by atoms with Crippen molar-refractivity contribution < 1.29 is 17.6 Å². The summed E-state index contributed by atoms with van der Waals surface area (Å²) < 4.78 is 52.6. The van der Waals surface area contributed by atoms with Crippen molar-refractivity contribution in [2.75, 3.05) is 0 Å². The van der Waals surface area contributed by atoms with E-state index in [1.54, 1.807) is 13.0 Å². The molecule has 2 aromatic heterocycles. The SMILES string of the molecule is CCC(C(C=Nc1ccccc1F)=CN)c1[nH]c(C(=N)N)c(-c2cnc(C(F)(F)F)nc2)c1C#N. The van der Waals surface area contributed by atoms with E-state index in [1.165, 1.54) is 30.6 Å². The van der Waals surface area contributed by atoms with E-state index in [0.717, 1.165) is 12.4 Å². The second kappa shape index (κ2) is 10.2. The van der Waals surface area contributed by atoms with E-state index in [-0.39, 0.29) is 28.1 Å². The summed E-state index contributed by atoms with van der Waals surface area (Å²) >= 11 is 0. The number of nitriles is 1. The monoisotopic (exact) mass is 484 g/mol. The lowest BCUT2D eigenvalue weighted by Gasteiger charge is -2.15. The van der Waals surface area contributed by atoms with Gasteiger partial charge in [0, 0.05) is 41.3 Å². The topological polar surface area (TPSA) is 154 Å². The van der Waals surface area contributed by atoms with Crippen LogP contribution >= 0.6 is 0 Å². The fourth-order valence-corrected chi connectivity index (χ4v) is 3.55. The molecule has 1 aromatic carbocycles. The predicted octanol–water partition coefficient (Wildman–Crippen LogP) is 4.52. The molecule has 180 valence electrons. The molecular weight excluding hydrogens is 464 g/mol. The van der Waals surface area contributed by atoms with Crippen LogP contribution in [0.15, 0.2) is 53.4 Å². The summed E-state index contributed by atoms with van der Waals surface area (Å²) in [7, 11) is 0. The number of H-pyrrole nitrogens is 1. The molecule has 0 aliphatic heterocycles. The van der Waals surface area contributed by atoms with Crippen LogP contribution in [0.3, 0.4) is 0 Å². The first-order valence-electron chi connectivity index (χ1n) is 10.2. The molecule has 0 bridgehead atoms. The van der Waals surface area contributed by atoms with Crippen LogP contribution in [0, 0.1) is 22.6 Å². The number of para-hydroxylation sites is 1. The number of amidine groups is 1. The Kier molecular flexibility index (Phi) is 7.29. The highest BCUT2D eigenvalue weighted by molar-refractivity contribution is 6.02. The maximum Gasteiger partial charge on any atom is 0.451 e. The van der Waals surface area contributed by atoms with Gasteiger partial charge in [0.15, 0.2) is 0 Å². The van der Waals surface area contributed by atoms with Gasteiger partial charge in [0.1, 0.15) is 17.7 Å². The molecule has 6 N–H and O–H groups in total. The smallest absolute Gasteiger partial charge is 0.404 e. The normalized spacial score (nSPS) is 13.1. The third-order valence-electron chi connectivity index (χ3n) is 5.16. The van der Waals surface area contributed by atoms with Crippen molar-refractivity contribution >= 4 is 17.7 Å². The second-order valence-electron chi connectivity index (χ2n) is 7.32. The van der Waals surface area contributed by atoms with Crippen molar-refractivity contribution in [2.24, 2.45) is 16.5 Å². The van der Waals surface area contributed by atoms with Crippen LogP contribution in [0.2, 0.25) is 0 Å². The molecule has 0 radical (unpaired) electrons. The van der Waals surface area contributed by atoms with Crippen molar-refractivity contribution in [3.8, 4) is 17.2 Å². The minimum absolute atomic E-state index is 0.0146. The molecule has 1 unspecified atom stereocenters. The Hall–Kier alpha value is -4.53. The molecule has 8 nitrogen and oxygen atoms in total. The Labute approximate surface area is 197 Å². The minimum Gasteiger partial charge on any atom is -0.404 e. The predicted molar refractivity (Wildman–Crippen MR) is 122 cm³/mol. The Morgan fingerprint density at radius 1 is 1.29 bits per heavy atom. The van der Waals surface area contributed by atoms with Crippen LogP contribution in [0.1, 0.15) is 42.0 Å². The molecule has 0 amide bonds. The number of aromatic nitrogens is 3. The van der Waals surface area contributed by atoms with Crippen LogP contribution in [-0.2, 0) is 6.18 Å². The molecule has 0 fully saturated rings. The lowest BCUT2D eigenvalue weighted by Crippen LogP contribution is -2.14. The summed E-state index contributed by atoms with van der Waals surface area (Å²) in [6.45, 7) is 1.81. The van der Waals surface area contributed by atoms with E-state index >= 15 is 0 Å². The third-order valence-corrected chi connectivity index (χ3v) is 5.16. The summed E-state index contributed by atoms with van der Waals surface area (Å²) in [5, 5.41) is 17.9. The van der Waals surface area contributed by atoms with Crippen molar-refractivity contribution in [3.63, 3.8) is 0 Å². The van der Waals surface area contributed by atoms with E-state index in [2.05, 4.69) is 19.9 Å². The summed E-state index contributed by atoms with van der Waals surface area (Å²) in [5.41, 5.74) is 12.5. The van der Waals surface area contributed by atoms with Crippen molar-refractivity contribution in [3.05, 3.63) is 77.0 Å². The fourth-order valence-electron chi connectivity index (χ4n) is 3.55. The molecule has 35 heavy (non-hydrogen) atoms. The van der Waals surface area contributed by atoms with Gasteiger partial charge in [0.2, 0.25) is 5.82 Å². The van der Waals surface area contributed by atoms with Gasteiger partial charge in [-0.15, -0.1) is 0 Å². The van der Waals surface area contributed by atoms with Crippen LogP contribution in [0.4, 0.5) is 23.2 Å². The van der Waals surface area contributed by atoms with E-state index < -0.39 is 29.6 Å². The maximum absolute atomic E-state index is 14.0. The number of aliphatic imine (C=N–C) groups is 1. The second-order valence-corrected chi connectivity index (χ2v) is 7.32. The van der Waals surface area contributed by atoms with Gasteiger partial charge in [-0.3, -0.25) is 10.4 Å². The first-order chi connectivity index (χ1) is 16.6. The molecule has 0 saturated heterocycles. The number of aromatic amines is 1. The molecule has 0 spiro atoms. The number of allylic oxidation sites excluding steroid dienone is 1.